The molecule has 0 spiro atoms. The number of anilines is 4. The van der Waals surface area contributed by atoms with Gasteiger partial charge in [0.2, 0.25) is 0 Å². The Morgan fingerprint density at radius 3 is 1.71 bits per heavy atom. The fourth-order valence-electron chi connectivity index (χ4n) is 4.06. The Labute approximate surface area is 309 Å². The zero-order valence-corrected chi connectivity index (χ0v) is 30.8. The Bertz CT molecular complexity index is 2020. The van der Waals surface area contributed by atoms with Crippen molar-refractivity contribution in [3.05, 3.63) is 100 Å². The van der Waals surface area contributed by atoms with Crippen LogP contribution in [0.15, 0.2) is 79.3 Å². The minimum Gasteiger partial charge on any atom is -0.444 e. The molecular formula is C34H36Cl3N9O5. The molecule has 0 bridgehead atoms. The number of nitrogen functional groups attached to an aromatic ring is 1. The van der Waals surface area contributed by atoms with Gasteiger partial charge >= 0.3 is 12.2 Å². The normalized spacial score (nSPS) is 11.2. The van der Waals surface area contributed by atoms with Gasteiger partial charge in [-0.1, -0.05) is 46.9 Å². The van der Waals surface area contributed by atoms with E-state index in [-0.39, 0.29) is 28.0 Å². The molecule has 0 atom stereocenters. The van der Waals surface area contributed by atoms with Gasteiger partial charge in [-0.25, -0.2) is 23.9 Å². The molecule has 0 saturated carbocycles. The molecular weight excluding hydrogens is 721 g/mol. The van der Waals surface area contributed by atoms with Gasteiger partial charge in [-0.2, -0.15) is 0 Å². The molecule has 0 fully saturated rings. The Morgan fingerprint density at radius 1 is 0.706 bits per heavy atom. The second-order valence-corrected chi connectivity index (χ2v) is 14.0. The van der Waals surface area contributed by atoms with Crippen molar-refractivity contribution in [2.24, 2.45) is 0 Å². The maximum absolute atomic E-state index is 12.6. The summed E-state index contributed by atoms with van der Waals surface area (Å²) in [6.07, 6.45) is 3.22. The highest BCUT2D eigenvalue weighted by Gasteiger charge is 2.21. The summed E-state index contributed by atoms with van der Waals surface area (Å²) < 4.78 is 13.5. The van der Waals surface area contributed by atoms with Crippen LogP contribution in [-0.2, 0) is 9.47 Å². The monoisotopic (exact) mass is 755 g/mol. The third kappa shape index (κ3) is 11.9. The summed E-state index contributed by atoms with van der Waals surface area (Å²) in [7, 11) is 0. The Morgan fingerprint density at radius 2 is 1.22 bits per heavy atom. The molecule has 3 heterocycles. The van der Waals surface area contributed by atoms with E-state index in [1.165, 1.54) is 27.7 Å². The predicted octanol–water partition coefficient (Wildman–Crippen LogP) is 8.63. The quantitative estimate of drug-likeness (QED) is 0.123. The van der Waals surface area contributed by atoms with Crippen molar-refractivity contribution in [1.82, 2.24) is 24.5 Å². The zero-order valence-electron chi connectivity index (χ0n) is 28.5. The maximum Gasteiger partial charge on any atom is 0.412 e. The average Bonchev–Trinajstić information content (AvgIpc) is 3.58. The van der Waals surface area contributed by atoms with E-state index in [0.29, 0.717) is 21.4 Å². The highest BCUT2D eigenvalue weighted by Crippen LogP contribution is 2.26. The fraction of sp³-hybridized carbons (Fsp3) is 0.235. The molecule has 268 valence electrons. The number of nitrogens with two attached hydrogens (primary N) is 1. The Balaban J connectivity index is 0.000000244. The van der Waals surface area contributed by atoms with Crippen LogP contribution in [0.2, 0.25) is 15.2 Å². The maximum atomic E-state index is 12.6. The average molecular weight is 757 g/mol. The standard InChI is InChI=1S/C20H19Cl2N5O3.C14H17ClN4O2/c1-20(2,3)30-19(29)24-15-11-27(14-6-4-5-13(21)9-14)26-17(15)25-18(28)12-7-8-16(22)23-10-12;1-14(2,3)21-13(20)17-11-8-19(18-12(11)16)10-6-4-5-9(15)7-10/h4-11H,1-3H3,(H,24,29)(H,25,26,28);4-8H,1-3H3,(H2,16,18)(H,17,20). The molecule has 0 aliphatic carbocycles. The van der Waals surface area contributed by atoms with Gasteiger partial charge in [0.25, 0.3) is 5.91 Å². The van der Waals surface area contributed by atoms with Crippen LogP contribution in [0.4, 0.5) is 32.6 Å². The summed E-state index contributed by atoms with van der Waals surface area (Å²) >= 11 is 17.8. The lowest BCUT2D eigenvalue weighted by Gasteiger charge is -2.19. The number of hydrogen-bond donors (Lipinski definition) is 4. The van der Waals surface area contributed by atoms with Crippen LogP contribution in [-0.4, -0.2) is 53.8 Å². The van der Waals surface area contributed by atoms with Crippen molar-refractivity contribution in [1.29, 1.82) is 0 Å². The lowest BCUT2D eigenvalue weighted by molar-refractivity contribution is 0.0624. The molecule has 5 N–H and O–H groups in total. The summed E-state index contributed by atoms with van der Waals surface area (Å²) in [6, 6.07) is 17.1. The van der Waals surface area contributed by atoms with Crippen LogP contribution in [0.3, 0.4) is 0 Å². The number of amides is 3. The zero-order chi connectivity index (χ0) is 37.5. The first kappa shape index (κ1) is 38.5. The highest BCUT2D eigenvalue weighted by atomic mass is 35.5. The van der Waals surface area contributed by atoms with Crippen LogP contribution in [0.5, 0.6) is 0 Å². The Kier molecular flexibility index (Phi) is 12.2. The van der Waals surface area contributed by atoms with Crippen LogP contribution >= 0.6 is 34.8 Å². The van der Waals surface area contributed by atoms with E-state index in [2.05, 4.69) is 31.1 Å². The number of pyridine rings is 1. The molecule has 51 heavy (non-hydrogen) atoms. The minimum absolute atomic E-state index is 0.126. The molecule has 5 rings (SSSR count). The lowest BCUT2D eigenvalue weighted by atomic mass is 10.2. The molecule has 0 aliphatic rings. The molecule has 2 aromatic carbocycles. The van der Waals surface area contributed by atoms with Gasteiger partial charge in [0.15, 0.2) is 11.6 Å². The van der Waals surface area contributed by atoms with Gasteiger partial charge in [0.05, 0.1) is 29.3 Å². The van der Waals surface area contributed by atoms with E-state index < -0.39 is 29.3 Å². The van der Waals surface area contributed by atoms with Gasteiger partial charge in [0.1, 0.15) is 27.7 Å². The summed E-state index contributed by atoms with van der Waals surface area (Å²) in [4.78, 5) is 40.5. The SMILES string of the molecule is CC(C)(C)OC(=O)Nc1cn(-c2cccc(Cl)c2)nc1N.CC(C)(C)OC(=O)Nc1cn(-c2cccc(Cl)c2)nc1NC(=O)c1ccc(Cl)nc1. The number of aromatic nitrogens is 5. The van der Waals surface area contributed by atoms with E-state index in [4.69, 9.17) is 50.0 Å². The van der Waals surface area contributed by atoms with Crippen molar-refractivity contribution < 1.29 is 23.9 Å². The minimum atomic E-state index is -0.689. The number of benzene rings is 2. The second kappa shape index (κ2) is 16.1. The summed E-state index contributed by atoms with van der Waals surface area (Å²) in [5.74, 6) is -0.149. The number of hydrogen-bond acceptors (Lipinski definition) is 9. The van der Waals surface area contributed by atoms with E-state index in [1.807, 2.05) is 6.07 Å². The number of carbonyl (C=O) groups excluding carboxylic acids is 3. The van der Waals surface area contributed by atoms with Gasteiger partial charge in [-0.15, -0.1) is 10.2 Å². The van der Waals surface area contributed by atoms with Gasteiger partial charge in [0, 0.05) is 16.2 Å². The molecule has 3 aromatic heterocycles. The van der Waals surface area contributed by atoms with E-state index in [0.717, 1.165) is 5.69 Å². The fourth-order valence-corrected chi connectivity index (χ4v) is 4.54. The van der Waals surface area contributed by atoms with Crippen molar-refractivity contribution in [3.8, 4) is 11.4 Å². The number of rotatable bonds is 6. The van der Waals surface area contributed by atoms with Crippen LogP contribution in [0, 0.1) is 0 Å². The van der Waals surface area contributed by atoms with Crippen LogP contribution < -0.4 is 21.7 Å². The second-order valence-electron chi connectivity index (χ2n) is 12.7. The highest BCUT2D eigenvalue weighted by molar-refractivity contribution is 6.31. The van der Waals surface area contributed by atoms with Crippen LogP contribution in [0.25, 0.3) is 11.4 Å². The first-order valence-corrected chi connectivity index (χ1v) is 16.4. The van der Waals surface area contributed by atoms with Crippen molar-refractivity contribution in [2.75, 3.05) is 21.7 Å². The summed E-state index contributed by atoms with van der Waals surface area (Å²) in [6.45, 7) is 10.6. The number of carbonyl (C=O) groups is 3. The largest absolute Gasteiger partial charge is 0.444 e. The molecule has 0 aliphatic heterocycles. The van der Waals surface area contributed by atoms with Crippen molar-refractivity contribution >= 4 is 75.9 Å². The van der Waals surface area contributed by atoms with Gasteiger partial charge in [-0.3, -0.25) is 15.4 Å². The smallest absolute Gasteiger partial charge is 0.412 e. The van der Waals surface area contributed by atoms with Crippen LogP contribution in [0.1, 0.15) is 51.9 Å². The van der Waals surface area contributed by atoms with E-state index in [1.54, 1.807) is 96.4 Å². The number of nitrogens with zero attached hydrogens (tertiary/aromatic N) is 5. The topological polar surface area (TPSA) is 180 Å². The number of nitrogens with one attached hydrogen (secondary N) is 3. The molecule has 5 aromatic rings. The molecule has 0 radical (unpaired) electrons. The van der Waals surface area contributed by atoms with E-state index >= 15 is 0 Å². The van der Waals surface area contributed by atoms with Crippen molar-refractivity contribution in [3.63, 3.8) is 0 Å². The molecule has 14 nitrogen and oxygen atoms in total. The van der Waals surface area contributed by atoms with E-state index in [9.17, 15) is 14.4 Å². The first-order chi connectivity index (χ1) is 23.8. The predicted molar refractivity (Wildman–Crippen MR) is 198 cm³/mol. The lowest BCUT2D eigenvalue weighted by Crippen LogP contribution is -2.27. The first-order valence-electron chi connectivity index (χ1n) is 15.2. The summed E-state index contributed by atoms with van der Waals surface area (Å²) in [5, 5.41) is 17.7. The molecule has 0 saturated heterocycles. The van der Waals surface area contributed by atoms with Gasteiger partial charge < -0.3 is 20.5 Å². The number of halogens is 3. The molecule has 0 unspecified atom stereocenters. The van der Waals surface area contributed by atoms with Gasteiger partial charge in [-0.05, 0) is 90.1 Å². The molecule has 3 amide bonds. The number of ether oxygens (including phenoxy) is 2. The Hall–Kier alpha value is -5.31. The van der Waals surface area contributed by atoms with Crippen molar-refractivity contribution in [2.45, 2.75) is 52.7 Å². The third-order valence-electron chi connectivity index (χ3n) is 6.10. The molecule has 17 heteroatoms. The third-order valence-corrected chi connectivity index (χ3v) is 6.79. The summed E-state index contributed by atoms with van der Waals surface area (Å²) in [5.41, 5.74) is 6.81.